The number of aromatic nitrogens is 2. The summed E-state index contributed by atoms with van der Waals surface area (Å²) >= 11 is 1.57. The first-order chi connectivity index (χ1) is 12.0. The highest BCUT2D eigenvalue weighted by Gasteiger charge is 2.25. The smallest absolute Gasteiger partial charge is 0.354 e. The van der Waals surface area contributed by atoms with Gasteiger partial charge in [-0.05, 0) is 43.5 Å². The number of rotatable bonds is 6. The number of ether oxygens (including phenoxy) is 1. The quantitative estimate of drug-likeness (QED) is 0.700. The van der Waals surface area contributed by atoms with E-state index in [0.29, 0.717) is 12.1 Å². The van der Waals surface area contributed by atoms with Crippen molar-refractivity contribution in [2.75, 3.05) is 7.11 Å². The predicted molar refractivity (Wildman–Crippen MR) is 100 cm³/mol. The molecular formula is C19H22N2O3S. The number of imidazole rings is 1. The van der Waals surface area contributed by atoms with Crippen LogP contribution >= 0.6 is 11.3 Å². The number of aromatic carboxylic acids is 1. The van der Waals surface area contributed by atoms with Crippen LogP contribution in [0, 0.1) is 6.92 Å². The lowest BCUT2D eigenvalue weighted by Crippen LogP contribution is -2.07. The third kappa shape index (κ3) is 2.91. The van der Waals surface area contributed by atoms with E-state index in [1.54, 1.807) is 18.4 Å². The highest BCUT2D eigenvalue weighted by molar-refractivity contribution is 7.17. The van der Waals surface area contributed by atoms with Crippen molar-refractivity contribution >= 4 is 22.3 Å². The van der Waals surface area contributed by atoms with E-state index in [4.69, 9.17) is 4.74 Å². The van der Waals surface area contributed by atoms with E-state index in [1.807, 2.05) is 36.4 Å². The van der Waals surface area contributed by atoms with Crippen LogP contribution < -0.4 is 4.74 Å². The van der Waals surface area contributed by atoms with Crippen molar-refractivity contribution in [2.24, 2.45) is 0 Å². The number of nitrogens with zero attached hydrogens (tertiary/aromatic N) is 2. The first kappa shape index (κ1) is 17.5. The second kappa shape index (κ2) is 6.88. The van der Waals surface area contributed by atoms with Crippen LogP contribution in [0.2, 0.25) is 0 Å². The van der Waals surface area contributed by atoms with Crippen LogP contribution in [-0.2, 0) is 12.8 Å². The van der Waals surface area contributed by atoms with Crippen molar-refractivity contribution in [2.45, 2.75) is 40.0 Å². The molecule has 2 aromatic heterocycles. The number of carboxylic acid groups (broad SMARTS) is 1. The number of aryl methyl sites for hydroxylation is 3. The molecular weight excluding hydrogens is 336 g/mol. The van der Waals surface area contributed by atoms with Gasteiger partial charge in [0.05, 0.1) is 18.5 Å². The Morgan fingerprint density at radius 2 is 2.12 bits per heavy atom. The number of hydrogen-bond donors (Lipinski definition) is 1. The zero-order valence-corrected chi connectivity index (χ0v) is 15.7. The van der Waals surface area contributed by atoms with Gasteiger partial charge in [-0.2, -0.15) is 0 Å². The molecule has 0 bridgehead atoms. The lowest BCUT2D eigenvalue weighted by molar-refractivity contribution is 0.0688. The van der Waals surface area contributed by atoms with Gasteiger partial charge < -0.3 is 9.84 Å². The summed E-state index contributed by atoms with van der Waals surface area (Å²) in [6, 6.07) is 5.96. The van der Waals surface area contributed by atoms with Gasteiger partial charge in [-0.25, -0.2) is 9.78 Å². The van der Waals surface area contributed by atoms with Crippen molar-refractivity contribution in [3.63, 3.8) is 0 Å². The molecule has 6 heteroatoms. The van der Waals surface area contributed by atoms with E-state index in [-0.39, 0.29) is 5.69 Å². The number of hydrogen-bond acceptors (Lipinski definition) is 4. The van der Waals surface area contributed by atoms with Gasteiger partial charge in [0.1, 0.15) is 5.75 Å². The van der Waals surface area contributed by atoms with Gasteiger partial charge in [-0.15, -0.1) is 11.3 Å². The molecule has 0 atom stereocenters. The Kier molecular flexibility index (Phi) is 4.81. The topological polar surface area (TPSA) is 63.8 Å². The molecule has 25 heavy (non-hydrogen) atoms. The fourth-order valence-electron chi connectivity index (χ4n) is 3.19. The van der Waals surface area contributed by atoms with Crippen molar-refractivity contribution in [1.82, 2.24) is 9.38 Å². The second-order valence-electron chi connectivity index (χ2n) is 5.99. The zero-order chi connectivity index (χ0) is 18.1. The van der Waals surface area contributed by atoms with Gasteiger partial charge in [-0.1, -0.05) is 20.3 Å². The second-order valence-corrected chi connectivity index (χ2v) is 7.05. The largest absolute Gasteiger partial charge is 0.496 e. The normalized spacial score (nSPS) is 11.2. The fraction of sp³-hybridized carbons (Fsp3) is 0.368. The van der Waals surface area contributed by atoms with Crippen LogP contribution in [0.1, 0.15) is 46.9 Å². The fourth-order valence-corrected chi connectivity index (χ4v) is 4.29. The molecule has 1 N–H and O–H groups in total. The maximum Gasteiger partial charge on any atom is 0.354 e. The summed E-state index contributed by atoms with van der Waals surface area (Å²) in [7, 11) is 1.65. The predicted octanol–water partition coefficient (Wildman–Crippen LogP) is 4.59. The molecule has 3 rings (SSSR count). The zero-order valence-electron chi connectivity index (χ0n) is 14.9. The van der Waals surface area contributed by atoms with Gasteiger partial charge in [0.2, 0.25) is 0 Å². The van der Waals surface area contributed by atoms with Crippen LogP contribution in [0.3, 0.4) is 0 Å². The van der Waals surface area contributed by atoms with E-state index in [2.05, 4.69) is 11.9 Å². The standard InChI is InChI=1S/C19H22N2O3S/c1-5-7-13-17(18(22)23)21-16(15(6-2)25-19(21)20-13)12-8-9-14(24-4)11(3)10-12/h8-10H,5-7H2,1-4H3,(H,22,23). The molecule has 0 unspecified atom stereocenters. The van der Waals surface area contributed by atoms with Crippen LogP contribution in [0.25, 0.3) is 16.2 Å². The van der Waals surface area contributed by atoms with Crippen molar-refractivity contribution in [3.8, 4) is 17.0 Å². The Morgan fingerprint density at radius 3 is 2.68 bits per heavy atom. The van der Waals surface area contributed by atoms with Crippen molar-refractivity contribution < 1.29 is 14.6 Å². The molecule has 0 radical (unpaired) electrons. The first-order valence-electron chi connectivity index (χ1n) is 8.43. The Balaban J connectivity index is 2.32. The van der Waals surface area contributed by atoms with Gasteiger partial charge in [0, 0.05) is 10.4 Å². The van der Waals surface area contributed by atoms with Gasteiger partial charge in [0.25, 0.3) is 0 Å². The van der Waals surface area contributed by atoms with Crippen LogP contribution in [0.4, 0.5) is 0 Å². The number of carboxylic acids is 1. The lowest BCUT2D eigenvalue weighted by Gasteiger charge is -2.10. The lowest BCUT2D eigenvalue weighted by atomic mass is 10.1. The molecule has 0 aliphatic heterocycles. The summed E-state index contributed by atoms with van der Waals surface area (Å²) < 4.78 is 7.17. The first-order valence-corrected chi connectivity index (χ1v) is 9.24. The molecule has 0 fully saturated rings. The average molecular weight is 358 g/mol. The monoisotopic (exact) mass is 358 g/mol. The summed E-state index contributed by atoms with van der Waals surface area (Å²) in [6.07, 6.45) is 2.36. The highest BCUT2D eigenvalue weighted by atomic mass is 32.1. The van der Waals surface area contributed by atoms with Gasteiger partial charge in [0.15, 0.2) is 10.7 Å². The number of methoxy groups -OCH3 is 1. The van der Waals surface area contributed by atoms with Crippen LogP contribution in [-0.4, -0.2) is 27.6 Å². The van der Waals surface area contributed by atoms with Crippen LogP contribution in [0.5, 0.6) is 5.75 Å². The molecule has 0 spiro atoms. The molecule has 5 nitrogen and oxygen atoms in total. The van der Waals surface area contributed by atoms with E-state index in [9.17, 15) is 9.90 Å². The minimum atomic E-state index is -0.928. The summed E-state index contributed by atoms with van der Waals surface area (Å²) in [5.41, 5.74) is 3.89. The maximum atomic E-state index is 11.9. The van der Waals surface area contributed by atoms with Crippen molar-refractivity contribution in [3.05, 3.63) is 40.0 Å². The molecule has 0 saturated carbocycles. The Bertz CT molecular complexity index is 940. The Morgan fingerprint density at radius 1 is 1.36 bits per heavy atom. The van der Waals surface area contributed by atoms with Crippen molar-refractivity contribution in [1.29, 1.82) is 0 Å². The third-order valence-electron chi connectivity index (χ3n) is 4.30. The van der Waals surface area contributed by atoms with E-state index >= 15 is 0 Å². The average Bonchev–Trinajstić information content (AvgIpc) is 3.09. The highest BCUT2D eigenvalue weighted by Crippen LogP contribution is 2.36. The Labute approximate surface area is 150 Å². The van der Waals surface area contributed by atoms with Crippen LogP contribution in [0.15, 0.2) is 18.2 Å². The molecule has 0 aliphatic rings. The molecule has 0 aliphatic carbocycles. The maximum absolute atomic E-state index is 11.9. The SMILES string of the molecule is CCCc1nc2sc(CC)c(-c3ccc(OC)c(C)c3)n2c1C(=O)O. The van der Waals surface area contributed by atoms with E-state index < -0.39 is 5.97 Å². The molecule has 132 valence electrons. The third-order valence-corrected chi connectivity index (χ3v) is 5.48. The Hall–Kier alpha value is -2.34. The van der Waals surface area contributed by atoms with E-state index in [1.165, 1.54) is 0 Å². The minimum Gasteiger partial charge on any atom is -0.496 e. The number of fused-ring (bicyclic) bond motifs is 1. The number of benzene rings is 1. The summed E-state index contributed by atoms with van der Waals surface area (Å²) in [5, 5.41) is 9.79. The van der Waals surface area contributed by atoms with E-state index in [0.717, 1.165) is 45.3 Å². The summed E-state index contributed by atoms with van der Waals surface area (Å²) in [5.74, 6) is -0.105. The summed E-state index contributed by atoms with van der Waals surface area (Å²) in [6.45, 7) is 6.11. The molecule has 0 saturated heterocycles. The molecule has 1 aromatic carbocycles. The molecule has 3 aromatic rings. The van der Waals surface area contributed by atoms with Gasteiger partial charge in [-0.3, -0.25) is 4.40 Å². The van der Waals surface area contributed by atoms with Gasteiger partial charge >= 0.3 is 5.97 Å². The number of thiazole rings is 1. The summed E-state index contributed by atoms with van der Waals surface area (Å²) in [4.78, 5) is 18.4. The number of carbonyl (C=O) groups is 1. The molecule has 0 amide bonds. The minimum absolute atomic E-state index is 0.288. The molecule has 2 heterocycles.